The summed E-state index contributed by atoms with van der Waals surface area (Å²) in [5.41, 5.74) is 2.00. The summed E-state index contributed by atoms with van der Waals surface area (Å²) in [6.45, 7) is 4.55. The molecule has 0 unspecified atom stereocenters. The van der Waals surface area contributed by atoms with Crippen LogP contribution in [0.25, 0.3) is 0 Å². The van der Waals surface area contributed by atoms with Crippen LogP contribution in [0.15, 0.2) is 4.52 Å². The molecule has 1 aliphatic rings. The molecule has 2 rings (SSSR count). The van der Waals surface area contributed by atoms with Crippen molar-refractivity contribution in [1.82, 2.24) is 10.5 Å². The van der Waals surface area contributed by atoms with Crippen molar-refractivity contribution in [1.29, 1.82) is 0 Å². The van der Waals surface area contributed by atoms with Gasteiger partial charge in [0, 0.05) is 17.9 Å². The number of hydrogen-bond acceptors (Lipinski definition) is 5. The highest BCUT2D eigenvalue weighted by Gasteiger charge is 2.19. The van der Waals surface area contributed by atoms with E-state index in [9.17, 15) is 9.90 Å². The minimum Gasteiger partial charge on any atom is -0.393 e. The van der Waals surface area contributed by atoms with Crippen LogP contribution in [-0.4, -0.2) is 34.6 Å². The van der Waals surface area contributed by atoms with Crippen molar-refractivity contribution in [3.05, 3.63) is 17.0 Å². The smallest absolute Gasteiger partial charge is 0.230 e. The van der Waals surface area contributed by atoms with Gasteiger partial charge in [0.1, 0.15) is 5.76 Å². The average Bonchev–Trinajstić information content (AvgIpc) is 2.78. The Balaban J connectivity index is 1.62. The summed E-state index contributed by atoms with van der Waals surface area (Å²) in [5.74, 6) is 2.65. The van der Waals surface area contributed by atoms with Crippen molar-refractivity contribution in [2.24, 2.45) is 5.92 Å². The lowest BCUT2D eigenvalue weighted by atomic mass is 9.87. The predicted octanol–water partition coefficient (Wildman–Crippen LogP) is 2.19. The summed E-state index contributed by atoms with van der Waals surface area (Å²) in [5, 5.41) is 16.4. The third-order valence-electron chi connectivity index (χ3n) is 4.06. The van der Waals surface area contributed by atoms with E-state index < -0.39 is 0 Å². The normalized spacial score (nSPS) is 22.2. The second-order valence-electron chi connectivity index (χ2n) is 5.77. The number of aliphatic hydroxyl groups excluding tert-OH is 1. The molecule has 0 aliphatic heterocycles. The van der Waals surface area contributed by atoms with Crippen molar-refractivity contribution in [2.45, 2.75) is 51.4 Å². The topological polar surface area (TPSA) is 75.4 Å². The zero-order chi connectivity index (χ0) is 15.2. The second kappa shape index (κ2) is 7.84. The zero-order valence-electron chi connectivity index (χ0n) is 12.7. The van der Waals surface area contributed by atoms with Crippen LogP contribution >= 0.6 is 11.8 Å². The molecule has 0 aromatic carbocycles. The van der Waals surface area contributed by atoms with Gasteiger partial charge in [-0.2, -0.15) is 0 Å². The number of nitrogens with one attached hydrogen (secondary N) is 1. The van der Waals surface area contributed by atoms with Crippen molar-refractivity contribution >= 4 is 17.7 Å². The van der Waals surface area contributed by atoms with Crippen LogP contribution in [0.3, 0.4) is 0 Å². The summed E-state index contributed by atoms with van der Waals surface area (Å²) < 4.78 is 5.10. The lowest BCUT2D eigenvalue weighted by molar-refractivity contribution is -0.118. The fourth-order valence-corrected chi connectivity index (χ4v) is 3.62. The molecule has 1 aromatic rings. The molecular weight excluding hydrogens is 288 g/mol. The minimum absolute atomic E-state index is 0.0814. The maximum atomic E-state index is 11.8. The van der Waals surface area contributed by atoms with Gasteiger partial charge in [0.2, 0.25) is 5.91 Å². The Bertz CT molecular complexity index is 448. The van der Waals surface area contributed by atoms with E-state index in [0.29, 0.717) is 11.7 Å². The van der Waals surface area contributed by atoms with Gasteiger partial charge in [-0.3, -0.25) is 4.79 Å². The van der Waals surface area contributed by atoms with Crippen LogP contribution in [0.1, 0.15) is 42.7 Å². The number of carbonyl (C=O) groups excluding carboxylic acids is 1. The summed E-state index contributed by atoms with van der Waals surface area (Å²) in [7, 11) is 0. The van der Waals surface area contributed by atoms with Gasteiger partial charge in [0.15, 0.2) is 0 Å². The number of aryl methyl sites for hydroxylation is 2. The van der Waals surface area contributed by atoms with E-state index in [1.165, 1.54) is 0 Å². The molecule has 1 aliphatic carbocycles. The fraction of sp³-hybridized carbons (Fsp3) is 0.733. The number of nitrogens with zero attached hydrogens (tertiary/aromatic N) is 1. The van der Waals surface area contributed by atoms with Crippen LogP contribution in [0.4, 0.5) is 0 Å². The Hall–Kier alpha value is -1.01. The molecule has 5 nitrogen and oxygen atoms in total. The number of carbonyl (C=O) groups is 1. The first-order valence-electron chi connectivity index (χ1n) is 7.50. The fourth-order valence-electron chi connectivity index (χ4n) is 2.61. The Morgan fingerprint density at radius 2 is 2.10 bits per heavy atom. The molecule has 0 radical (unpaired) electrons. The van der Waals surface area contributed by atoms with Gasteiger partial charge in [-0.05, 0) is 45.4 Å². The zero-order valence-corrected chi connectivity index (χ0v) is 13.5. The van der Waals surface area contributed by atoms with Gasteiger partial charge in [-0.1, -0.05) is 5.16 Å². The number of rotatable bonds is 6. The molecule has 1 fully saturated rings. The third-order valence-corrected chi connectivity index (χ3v) is 5.02. The third kappa shape index (κ3) is 5.04. The van der Waals surface area contributed by atoms with Crippen molar-refractivity contribution < 1.29 is 14.4 Å². The first-order chi connectivity index (χ1) is 10.1. The number of aliphatic hydroxyl groups is 1. The van der Waals surface area contributed by atoms with E-state index in [4.69, 9.17) is 4.52 Å². The SMILES string of the molecule is Cc1noc(C)c1CSCC(=O)NCC1CCC(O)CC1. The summed E-state index contributed by atoms with van der Waals surface area (Å²) >= 11 is 1.58. The highest BCUT2D eigenvalue weighted by Crippen LogP contribution is 2.23. The standard InChI is InChI=1S/C15H24N2O3S/c1-10-14(11(2)20-17-10)8-21-9-15(19)16-7-12-3-5-13(18)6-4-12/h12-13,18H,3-9H2,1-2H3,(H,16,19). The van der Waals surface area contributed by atoms with Gasteiger partial charge in [-0.15, -0.1) is 11.8 Å². The monoisotopic (exact) mass is 312 g/mol. The molecule has 0 atom stereocenters. The number of aromatic nitrogens is 1. The highest BCUT2D eigenvalue weighted by atomic mass is 32.2. The molecule has 0 spiro atoms. The summed E-state index contributed by atoms with van der Waals surface area (Å²) in [6, 6.07) is 0. The van der Waals surface area contributed by atoms with Gasteiger partial charge in [0.25, 0.3) is 0 Å². The average molecular weight is 312 g/mol. The molecule has 21 heavy (non-hydrogen) atoms. The van der Waals surface area contributed by atoms with Crippen LogP contribution in [-0.2, 0) is 10.5 Å². The Morgan fingerprint density at radius 3 is 2.71 bits per heavy atom. The number of hydrogen-bond donors (Lipinski definition) is 2. The maximum absolute atomic E-state index is 11.8. The van der Waals surface area contributed by atoms with E-state index in [2.05, 4.69) is 10.5 Å². The Morgan fingerprint density at radius 1 is 1.38 bits per heavy atom. The van der Waals surface area contributed by atoms with E-state index in [0.717, 1.165) is 55.0 Å². The quantitative estimate of drug-likeness (QED) is 0.842. The lowest BCUT2D eigenvalue weighted by Crippen LogP contribution is -2.33. The van der Waals surface area contributed by atoms with Crippen molar-refractivity contribution in [2.75, 3.05) is 12.3 Å². The lowest BCUT2D eigenvalue weighted by Gasteiger charge is -2.25. The highest BCUT2D eigenvalue weighted by molar-refractivity contribution is 7.99. The van der Waals surface area contributed by atoms with E-state index in [1.807, 2.05) is 13.8 Å². The summed E-state index contributed by atoms with van der Waals surface area (Å²) in [4.78, 5) is 11.8. The van der Waals surface area contributed by atoms with Crippen molar-refractivity contribution in [3.63, 3.8) is 0 Å². The molecule has 1 saturated carbocycles. The maximum Gasteiger partial charge on any atom is 0.230 e. The Labute approximate surface area is 129 Å². The first kappa shape index (κ1) is 16.4. The number of amides is 1. The van der Waals surface area contributed by atoms with Crippen LogP contribution in [0, 0.1) is 19.8 Å². The predicted molar refractivity (Wildman–Crippen MR) is 83.1 cm³/mol. The summed E-state index contributed by atoms with van der Waals surface area (Å²) in [6.07, 6.45) is 3.60. The van der Waals surface area contributed by atoms with E-state index in [-0.39, 0.29) is 12.0 Å². The molecule has 1 amide bonds. The van der Waals surface area contributed by atoms with Crippen molar-refractivity contribution in [3.8, 4) is 0 Å². The number of thioether (sulfide) groups is 1. The molecular formula is C15H24N2O3S. The van der Waals surface area contributed by atoms with Gasteiger partial charge in [0.05, 0.1) is 17.6 Å². The van der Waals surface area contributed by atoms with Crippen LogP contribution < -0.4 is 5.32 Å². The van der Waals surface area contributed by atoms with Crippen LogP contribution in [0.5, 0.6) is 0 Å². The second-order valence-corrected chi connectivity index (χ2v) is 6.76. The van der Waals surface area contributed by atoms with E-state index in [1.54, 1.807) is 11.8 Å². The molecule has 0 bridgehead atoms. The van der Waals surface area contributed by atoms with Gasteiger partial charge in [-0.25, -0.2) is 0 Å². The van der Waals surface area contributed by atoms with Gasteiger partial charge >= 0.3 is 0 Å². The molecule has 0 saturated heterocycles. The van der Waals surface area contributed by atoms with E-state index >= 15 is 0 Å². The molecule has 118 valence electrons. The molecule has 6 heteroatoms. The largest absolute Gasteiger partial charge is 0.393 e. The van der Waals surface area contributed by atoms with Gasteiger partial charge < -0.3 is 14.9 Å². The molecule has 1 aromatic heterocycles. The Kier molecular flexibility index (Phi) is 6.11. The first-order valence-corrected chi connectivity index (χ1v) is 8.66. The minimum atomic E-state index is -0.137. The molecule has 2 N–H and O–H groups in total. The van der Waals surface area contributed by atoms with Crippen LogP contribution in [0.2, 0.25) is 0 Å². The molecule has 1 heterocycles.